The molecule has 0 spiro atoms. The maximum atomic E-state index is 11.9. The van der Waals surface area contributed by atoms with Crippen LogP contribution >= 0.6 is 48.0 Å². The zero-order chi connectivity index (χ0) is 12.0. The van der Waals surface area contributed by atoms with Gasteiger partial charge in [0.05, 0.1) is 0 Å². The van der Waals surface area contributed by atoms with Crippen molar-refractivity contribution in [2.45, 2.75) is 10.5 Å². The van der Waals surface area contributed by atoms with E-state index in [4.69, 9.17) is 24.4 Å². The molecule has 2 atom stereocenters. The highest BCUT2D eigenvalue weighted by atomic mass is 32.2. The monoisotopic (exact) mass is 292 g/mol. The largest absolute Gasteiger partial charge is 0.300 e. The summed E-state index contributed by atoms with van der Waals surface area (Å²) in [5, 5.41) is -0.865. The lowest BCUT2D eigenvalue weighted by molar-refractivity contribution is -0.130. The summed E-state index contributed by atoms with van der Waals surface area (Å²) in [6, 6.07) is 0. The molecule has 2 aliphatic heterocycles. The van der Waals surface area contributed by atoms with Gasteiger partial charge in [0.2, 0.25) is 11.8 Å². The summed E-state index contributed by atoms with van der Waals surface area (Å²) in [5.74, 6) is -0.224. The molecule has 8 heteroatoms. The number of hydrogen-bond acceptors (Lipinski definition) is 6. The second-order valence-electron chi connectivity index (χ2n) is 3.40. The molecule has 2 aliphatic rings. The Bertz CT molecular complexity index is 373. The van der Waals surface area contributed by atoms with Crippen LogP contribution in [0.3, 0.4) is 0 Å². The second kappa shape index (κ2) is 4.25. The fourth-order valence-corrected chi connectivity index (χ4v) is 4.48. The van der Waals surface area contributed by atoms with Crippen LogP contribution in [0, 0.1) is 0 Å². The van der Waals surface area contributed by atoms with Crippen LogP contribution < -0.4 is 0 Å². The first-order valence-corrected chi connectivity index (χ1v) is 6.97. The minimum atomic E-state index is -0.433. The van der Waals surface area contributed by atoms with Crippen LogP contribution in [0.5, 0.6) is 0 Å². The highest BCUT2D eigenvalue weighted by molar-refractivity contribution is 8.27. The van der Waals surface area contributed by atoms with Crippen molar-refractivity contribution in [3.05, 3.63) is 0 Å². The lowest BCUT2D eigenvalue weighted by atomic mass is 10.2. The summed E-state index contributed by atoms with van der Waals surface area (Å²) in [6.07, 6.45) is 0. The van der Waals surface area contributed by atoms with Gasteiger partial charge in [0, 0.05) is 14.1 Å². The normalized spacial score (nSPS) is 30.9. The molecule has 0 N–H and O–H groups in total. The number of thioether (sulfide) groups is 2. The third-order valence-electron chi connectivity index (χ3n) is 2.43. The molecule has 0 bridgehead atoms. The summed E-state index contributed by atoms with van der Waals surface area (Å²) in [4.78, 5) is 26.5. The molecule has 2 heterocycles. The third-order valence-corrected chi connectivity index (χ3v) is 6.13. The van der Waals surface area contributed by atoms with Crippen LogP contribution in [0.15, 0.2) is 0 Å². The highest BCUT2D eigenvalue weighted by Crippen LogP contribution is 2.38. The Morgan fingerprint density at radius 2 is 1.25 bits per heavy atom. The molecule has 0 aromatic heterocycles. The maximum absolute atomic E-state index is 11.9. The molecule has 16 heavy (non-hydrogen) atoms. The highest BCUT2D eigenvalue weighted by Gasteiger charge is 2.48. The van der Waals surface area contributed by atoms with Crippen molar-refractivity contribution in [3.63, 3.8) is 0 Å². The average molecular weight is 292 g/mol. The number of amides is 2. The molecular formula is C8H8N2O2S4. The molecule has 0 saturated carbocycles. The van der Waals surface area contributed by atoms with Gasteiger partial charge in [-0.2, -0.15) is 0 Å². The van der Waals surface area contributed by atoms with Crippen molar-refractivity contribution in [1.29, 1.82) is 0 Å². The minimum Gasteiger partial charge on any atom is -0.300 e. The van der Waals surface area contributed by atoms with E-state index in [0.717, 1.165) is 0 Å². The molecule has 86 valence electrons. The van der Waals surface area contributed by atoms with Crippen molar-refractivity contribution >= 4 is 68.4 Å². The second-order valence-corrected chi connectivity index (χ2v) is 6.95. The molecule has 2 fully saturated rings. The molecule has 2 saturated heterocycles. The molecule has 0 radical (unpaired) electrons. The number of nitrogens with zero attached hydrogens (tertiary/aromatic N) is 2. The number of carbonyl (C=O) groups is 2. The molecule has 2 amide bonds. The van der Waals surface area contributed by atoms with E-state index in [1.165, 1.54) is 33.3 Å². The molecule has 0 aromatic carbocycles. The Morgan fingerprint density at radius 1 is 0.938 bits per heavy atom. The van der Waals surface area contributed by atoms with E-state index in [1.54, 1.807) is 14.1 Å². The van der Waals surface area contributed by atoms with Gasteiger partial charge in [-0.3, -0.25) is 19.4 Å². The lowest BCUT2D eigenvalue weighted by Crippen LogP contribution is -2.38. The molecule has 0 unspecified atom stereocenters. The molecule has 0 aromatic rings. The summed E-state index contributed by atoms with van der Waals surface area (Å²) >= 11 is 12.6. The maximum Gasteiger partial charge on any atom is 0.243 e. The van der Waals surface area contributed by atoms with E-state index in [9.17, 15) is 9.59 Å². The van der Waals surface area contributed by atoms with Crippen molar-refractivity contribution in [2.24, 2.45) is 0 Å². The molecular weight excluding hydrogens is 284 g/mol. The van der Waals surface area contributed by atoms with Crippen LogP contribution in [0.2, 0.25) is 0 Å². The van der Waals surface area contributed by atoms with Gasteiger partial charge in [-0.25, -0.2) is 0 Å². The Morgan fingerprint density at radius 3 is 1.44 bits per heavy atom. The van der Waals surface area contributed by atoms with Gasteiger partial charge in [-0.05, 0) is 0 Å². The van der Waals surface area contributed by atoms with E-state index < -0.39 is 10.5 Å². The standard InChI is InChI=1S/C8H8N2O2S4/c1-9-5(11)3(15-7(9)13)4-6(12)10(2)8(14)16-4/h3-4H,1-2H3/t3-,4-/m0/s1. The SMILES string of the molecule is CN1C(=O)[C@H]([C@@H]2SC(=S)N(C)C2=O)SC1=S. The van der Waals surface area contributed by atoms with Gasteiger partial charge in [-0.15, -0.1) is 0 Å². The summed E-state index contributed by atoms with van der Waals surface area (Å²) in [6.45, 7) is 0. The van der Waals surface area contributed by atoms with Crippen LogP contribution in [-0.4, -0.2) is 54.9 Å². The Balaban J connectivity index is 2.22. The van der Waals surface area contributed by atoms with Crippen LogP contribution in [-0.2, 0) is 9.59 Å². The topological polar surface area (TPSA) is 40.6 Å². The van der Waals surface area contributed by atoms with Crippen LogP contribution in [0.1, 0.15) is 0 Å². The van der Waals surface area contributed by atoms with Crippen molar-refractivity contribution < 1.29 is 9.59 Å². The van der Waals surface area contributed by atoms with E-state index in [2.05, 4.69) is 0 Å². The van der Waals surface area contributed by atoms with Gasteiger partial charge >= 0.3 is 0 Å². The van der Waals surface area contributed by atoms with Crippen LogP contribution in [0.25, 0.3) is 0 Å². The zero-order valence-electron chi connectivity index (χ0n) is 8.50. The minimum absolute atomic E-state index is 0.112. The quantitative estimate of drug-likeness (QED) is 0.663. The predicted octanol–water partition coefficient (Wildman–Crippen LogP) is 0.704. The van der Waals surface area contributed by atoms with Crippen molar-refractivity contribution in [3.8, 4) is 0 Å². The first-order valence-electron chi connectivity index (χ1n) is 4.40. The van der Waals surface area contributed by atoms with Crippen molar-refractivity contribution in [2.75, 3.05) is 14.1 Å². The third kappa shape index (κ3) is 1.77. The molecule has 0 aliphatic carbocycles. The smallest absolute Gasteiger partial charge is 0.243 e. The lowest BCUT2D eigenvalue weighted by Gasteiger charge is -2.12. The molecule has 2 rings (SSSR count). The van der Waals surface area contributed by atoms with E-state index in [1.807, 2.05) is 0 Å². The predicted molar refractivity (Wildman–Crippen MR) is 73.5 cm³/mol. The zero-order valence-corrected chi connectivity index (χ0v) is 11.8. The van der Waals surface area contributed by atoms with Gasteiger partial charge in [0.15, 0.2) is 0 Å². The first-order chi connectivity index (χ1) is 7.43. The van der Waals surface area contributed by atoms with Gasteiger partial charge in [-0.1, -0.05) is 48.0 Å². The average Bonchev–Trinajstić information content (AvgIpc) is 2.64. The number of thiocarbonyl (C=S) groups is 2. The van der Waals surface area contributed by atoms with Crippen LogP contribution in [0.4, 0.5) is 0 Å². The van der Waals surface area contributed by atoms with E-state index in [-0.39, 0.29) is 11.8 Å². The summed E-state index contributed by atoms with van der Waals surface area (Å²) < 4.78 is 1.03. The summed E-state index contributed by atoms with van der Waals surface area (Å²) in [7, 11) is 3.26. The number of carbonyl (C=O) groups excluding carboxylic acids is 2. The van der Waals surface area contributed by atoms with Gasteiger partial charge in [0.25, 0.3) is 0 Å². The Hall–Kier alpha value is -0.180. The fraction of sp³-hybridized carbons (Fsp3) is 0.500. The fourth-order valence-electron chi connectivity index (χ4n) is 1.42. The van der Waals surface area contributed by atoms with Crippen molar-refractivity contribution in [1.82, 2.24) is 9.80 Å². The number of hydrogen-bond donors (Lipinski definition) is 0. The van der Waals surface area contributed by atoms with Gasteiger partial charge in [0.1, 0.15) is 19.1 Å². The Labute approximate surface area is 112 Å². The first kappa shape index (κ1) is 12.3. The molecule has 4 nitrogen and oxygen atoms in total. The number of rotatable bonds is 1. The van der Waals surface area contributed by atoms with Gasteiger partial charge < -0.3 is 0 Å². The Kier molecular flexibility index (Phi) is 3.26. The van der Waals surface area contributed by atoms with E-state index in [0.29, 0.717) is 8.64 Å². The summed E-state index contributed by atoms with van der Waals surface area (Å²) in [5.41, 5.74) is 0. The van der Waals surface area contributed by atoms with E-state index >= 15 is 0 Å².